The van der Waals surface area contributed by atoms with E-state index in [1.54, 1.807) is 14.2 Å². The van der Waals surface area contributed by atoms with Crippen LogP contribution in [0.3, 0.4) is 0 Å². The Morgan fingerprint density at radius 2 is 1.90 bits per heavy atom. The summed E-state index contributed by atoms with van der Waals surface area (Å²) in [6.07, 6.45) is 0.989. The molecule has 1 aliphatic heterocycles. The number of likely N-dealkylation sites (N-methyl/N-ethyl adjacent to an activating group) is 1. The zero-order chi connectivity index (χ0) is 14.7. The molecule has 0 amide bonds. The van der Waals surface area contributed by atoms with E-state index in [0.717, 1.165) is 36.6 Å². The summed E-state index contributed by atoms with van der Waals surface area (Å²) in [5.41, 5.74) is 2.26. The molecule has 0 unspecified atom stereocenters. The molecular formula is C16H25NO3. The molecule has 2 rings (SSSR count). The van der Waals surface area contributed by atoms with Crippen LogP contribution in [0.15, 0.2) is 12.1 Å². The lowest BCUT2D eigenvalue weighted by molar-refractivity contribution is 0.124. The van der Waals surface area contributed by atoms with Crippen LogP contribution < -0.4 is 9.47 Å². The van der Waals surface area contributed by atoms with Crippen molar-refractivity contribution in [1.82, 2.24) is 4.90 Å². The van der Waals surface area contributed by atoms with E-state index in [4.69, 9.17) is 9.47 Å². The molecule has 0 bridgehead atoms. The van der Waals surface area contributed by atoms with Gasteiger partial charge in [-0.15, -0.1) is 0 Å². The first kappa shape index (κ1) is 15.1. The molecule has 0 radical (unpaired) electrons. The van der Waals surface area contributed by atoms with Gasteiger partial charge in [-0.05, 0) is 44.0 Å². The van der Waals surface area contributed by atoms with Crippen LogP contribution in [-0.4, -0.2) is 51.0 Å². The predicted molar refractivity (Wildman–Crippen MR) is 79.7 cm³/mol. The van der Waals surface area contributed by atoms with Crippen LogP contribution in [0, 0.1) is 12.8 Å². The van der Waals surface area contributed by atoms with Crippen molar-refractivity contribution in [3.05, 3.63) is 23.3 Å². The molecular weight excluding hydrogens is 254 g/mol. The molecule has 1 aromatic carbocycles. The van der Waals surface area contributed by atoms with Crippen molar-refractivity contribution >= 4 is 0 Å². The molecule has 1 aromatic rings. The average Bonchev–Trinajstić information content (AvgIpc) is 2.46. The monoisotopic (exact) mass is 279 g/mol. The molecule has 0 saturated carbocycles. The van der Waals surface area contributed by atoms with Crippen LogP contribution in [0.1, 0.15) is 23.5 Å². The van der Waals surface area contributed by atoms with E-state index in [-0.39, 0.29) is 6.61 Å². The largest absolute Gasteiger partial charge is 0.496 e. The van der Waals surface area contributed by atoms with Gasteiger partial charge in [-0.3, -0.25) is 0 Å². The number of aryl methyl sites for hydroxylation is 1. The van der Waals surface area contributed by atoms with Crippen molar-refractivity contribution in [3.8, 4) is 11.5 Å². The summed E-state index contributed by atoms with van der Waals surface area (Å²) >= 11 is 0. The lowest BCUT2D eigenvalue weighted by atomic mass is 9.84. The summed E-state index contributed by atoms with van der Waals surface area (Å²) < 4.78 is 11.0. The van der Waals surface area contributed by atoms with E-state index in [1.165, 1.54) is 5.56 Å². The summed E-state index contributed by atoms with van der Waals surface area (Å²) in [6.45, 7) is 4.21. The van der Waals surface area contributed by atoms with Gasteiger partial charge >= 0.3 is 0 Å². The molecule has 1 N–H and O–H groups in total. The molecule has 4 nitrogen and oxygen atoms in total. The molecule has 0 spiro atoms. The standard InChI is InChI=1S/C16H25NO3/c1-11-5-16(20-4)14(7-15(11)19-3)13-6-12(10-18)8-17(2)9-13/h5,7,12-13,18H,6,8-10H2,1-4H3/t12-,13-/m1/s1. The fourth-order valence-corrected chi connectivity index (χ4v) is 3.19. The Morgan fingerprint density at radius 1 is 1.20 bits per heavy atom. The smallest absolute Gasteiger partial charge is 0.122 e. The van der Waals surface area contributed by atoms with Gasteiger partial charge in [0.15, 0.2) is 0 Å². The minimum absolute atomic E-state index is 0.242. The van der Waals surface area contributed by atoms with Crippen molar-refractivity contribution < 1.29 is 14.6 Å². The number of methoxy groups -OCH3 is 2. The second-order valence-corrected chi connectivity index (χ2v) is 5.77. The van der Waals surface area contributed by atoms with Crippen LogP contribution in [0.4, 0.5) is 0 Å². The Kier molecular flexibility index (Phi) is 4.89. The number of likely N-dealkylation sites (tertiary alicyclic amines) is 1. The Morgan fingerprint density at radius 3 is 2.50 bits per heavy atom. The number of hydrogen-bond acceptors (Lipinski definition) is 4. The average molecular weight is 279 g/mol. The molecule has 1 aliphatic rings. The zero-order valence-electron chi connectivity index (χ0n) is 12.8. The first-order chi connectivity index (χ1) is 9.58. The van der Waals surface area contributed by atoms with Gasteiger partial charge in [-0.2, -0.15) is 0 Å². The van der Waals surface area contributed by atoms with Crippen molar-refractivity contribution in [3.63, 3.8) is 0 Å². The second-order valence-electron chi connectivity index (χ2n) is 5.77. The Bertz CT molecular complexity index is 461. The first-order valence-electron chi connectivity index (χ1n) is 7.11. The Labute approximate surface area is 121 Å². The van der Waals surface area contributed by atoms with E-state index in [2.05, 4.69) is 18.0 Å². The summed E-state index contributed by atoms with van der Waals surface area (Å²) in [7, 11) is 5.51. The molecule has 1 fully saturated rings. The maximum atomic E-state index is 9.46. The summed E-state index contributed by atoms with van der Waals surface area (Å²) in [5.74, 6) is 2.51. The quantitative estimate of drug-likeness (QED) is 0.916. The van der Waals surface area contributed by atoms with Gasteiger partial charge in [0, 0.05) is 31.2 Å². The topological polar surface area (TPSA) is 41.9 Å². The fraction of sp³-hybridized carbons (Fsp3) is 0.625. The molecule has 112 valence electrons. The highest BCUT2D eigenvalue weighted by Gasteiger charge is 2.28. The highest BCUT2D eigenvalue weighted by Crippen LogP contribution is 2.38. The summed E-state index contributed by atoms with van der Waals surface area (Å²) in [4.78, 5) is 2.28. The van der Waals surface area contributed by atoms with Crippen molar-refractivity contribution in [2.75, 3.05) is 41.0 Å². The minimum atomic E-state index is 0.242. The van der Waals surface area contributed by atoms with Gasteiger partial charge in [0.2, 0.25) is 0 Å². The van der Waals surface area contributed by atoms with Gasteiger partial charge in [0.1, 0.15) is 11.5 Å². The highest BCUT2D eigenvalue weighted by molar-refractivity contribution is 5.47. The summed E-state index contributed by atoms with van der Waals surface area (Å²) in [5, 5.41) is 9.46. The van der Waals surface area contributed by atoms with Gasteiger partial charge in [-0.1, -0.05) is 0 Å². The van der Waals surface area contributed by atoms with Crippen molar-refractivity contribution in [1.29, 1.82) is 0 Å². The van der Waals surface area contributed by atoms with E-state index >= 15 is 0 Å². The van der Waals surface area contributed by atoms with Crippen molar-refractivity contribution in [2.24, 2.45) is 5.92 Å². The maximum Gasteiger partial charge on any atom is 0.122 e. The third-order valence-corrected chi connectivity index (χ3v) is 4.17. The lowest BCUT2D eigenvalue weighted by Gasteiger charge is -2.35. The van der Waals surface area contributed by atoms with Gasteiger partial charge in [0.05, 0.1) is 14.2 Å². The van der Waals surface area contributed by atoms with Crippen LogP contribution in [0.2, 0.25) is 0 Å². The van der Waals surface area contributed by atoms with E-state index in [0.29, 0.717) is 11.8 Å². The van der Waals surface area contributed by atoms with Crippen LogP contribution in [0.25, 0.3) is 0 Å². The fourth-order valence-electron chi connectivity index (χ4n) is 3.19. The lowest BCUT2D eigenvalue weighted by Crippen LogP contribution is -2.38. The van der Waals surface area contributed by atoms with Crippen molar-refractivity contribution in [2.45, 2.75) is 19.3 Å². The van der Waals surface area contributed by atoms with E-state index in [9.17, 15) is 5.11 Å². The van der Waals surface area contributed by atoms with Crippen LogP contribution in [-0.2, 0) is 0 Å². The number of rotatable bonds is 4. The third-order valence-electron chi connectivity index (χ3n) is 4.17. The molecule has 0 aliphatic carbocycles. The van der Waals surface area contributed by atoms with Gasteiger partial charge in [0.25, 0.3) is 0 Å². The number of aliphatic hydroxyl groups excluding tert-OH is 1. The maximum absolute atomic E-state index is 9.46. The van der Waals surface area contributed by atoms with Gasteiger partial charge in [-0.25, -0.2) is 0 Å². The number of piperidine rings is 1. The van der Waals surface area contributed by atoms with Crippen LogP contribution >= 0.6 is 0 Å². The van der Waals surface area contributed by atoms with Crippen LogP contribution in [0.5, 0.6) is 11.5 Å². The zero-order valence-corrected chi connectivity index (χ0v) is 12.8. The van der Waals surface area contributed by atoms with E-state index < -0.39 is 0 Å². The Hall–Kier alpha value is -1.26. The predicted octanol–water partition coefficient (Wildman–Crippen LogP) is 2.04. The summed E-state index contributed by atoms with van der Waals surface area (Å²) in [6, 6.07) is 4.13. The molecule has 4 heteroatoms. The highest BCUT2D eigenvalue weighted by atomic mass is 16.5. The number of hydrogen-bond donors (Lipinski definition) is 1. The number of nitrogens with zero attached hydrogens (tertiary/aromatic N) is 1. The number of ether oxygens (including phenoxy) is 2. The molecule has 20 heavy (non-hydrogen) atoms. The SMILES string of the molecule is COc1cc([C@@H]2C[C@@H](CO)CN(C)C2)c(OC)cc1C. The normalized spacial score (nSPS) is 23.6. The third kappa shape index (κ3) is 3.07. The minimum Gasteiger partial charge on any atom is -0.496 e. The molecule has 1 saturated heterocycles. The molecule has 0 aromatic heterocycles. The number of benzene rings is 1. The van der Waals surface area contributed by atoms with Gasteiger partial charge < -0.3 is 19.5 Å². The Balaban J connectivity index is 2.34. The number of aliphatic hydroxyl groups is 1. The molecule has 1 heterocycles. The molecule has 2 atom stereocenters. The second kappa shape index (κ2) is 6.46. The first-order valence-corrected chi connectivity index (χ1v) is 7.11. The van der Waals surface area contributed by atoms with E-state index in [1.807, 2.05) is 13.0 Å².